The quantitative estimate of drug-likeness (QED) is 0.744. The summed E-state index contributed by atoms with van der Waals surface area (Å²) in [7, 11) is 0. The lowest BCUT2D eigenvalue weighted by Crippen LogP contribution is -1.89. The van der Waals surface area contributed by atoms with E-state index in [4.69, 9.17) is 5.73 Å². The molecule has 0 saturated heterocycles. The molecule has 0 fully saturated rings. The molecular weight excluding hydrogens is 218 g/mol. The molecule has 2 heterocycles. The first-order chi connectivity index (χ1) is 5.75. The lowest BCUT2D eigenvalue weighted by Gasteiger charge is -1.97. The minimum Gasteiger partial charge on any atom is -0.384 e. The first-order valence-electron chi connectivity index (χ1n) is 3.42. The van der Waals surface area contributed by atoms with Gasteiger partial charge in [0, 0.05) is 16.1 Å². The van der Waals surface area contributed by atoms with Gasteiger partial charge in [0.1, 0.15) is 5.82 Å². The number of nitrogen functional groups attached to an aromatic ring is 1. The Bertz CT molecular complexity index is 391. The number of fused-ring (bicyclic) bond motifs is 1. The molecule has 0 amide bonds. The summed E-state index contributed by atoms with van der Waals surface area (Å²) >= 11 is 3.33. The third-order valence-corrected chi connectivity index (χ3v) is 1.99. The van der Waals surface area contributed by atoms with E-state index in [0.29, 0.717) is 5.82 Å². The Labute approximate surface area is 77.8 Å². The average Bonchev–Trinajstić information content (AvgIpc) is 2.03. The Hall–Kier alpha value is -1.16. The largest absolute Gasteiger partial charge is 0.384 e. The number of pyridine rings is 2. The molecule has 0 bridgehead atoms. The zero-order chi connectivity index (χ0) is 8.55. The summed E-state index contributed by atoms with van der Waals surface area (Å²) in [4.78, 5) is 8.09. The van der Waals surface area contributed by atoms with Gasteiger partial charge in [-0.3, -0.25) is 4.98 Å². The number of nitrogens with two attached hydrogens (primary N) is 1. The minimum atomic E-state index is 0.516. The van der Waals surface area contributed by atoms with E-state index in [1.807, 2.05) is 6.07 Å². The van der Waals surface area contributed by atoms with Gasteiger partial charge in [0.2, 0.25) is 0 Å². The normalized spacial score (nSPS) is 10.4. The van der Waals surface area contributed by atoms with E-state index >= 15 is 0 Å². The molecule has 2 rings (SSSR count). The summed E-state index contributed by atoms with van der Waals surface area (Å²) in [6.45, 7) is 0. The predicted molar refractivity (Wildman–Crippen MR) is 51.7 cm³/mol. The fraction of sp³-hybridized carbons (Fsp3) is 0. The first-order valence-corrected chi connectivity index (χ1v) is 4.22. The number of hydrogen-bond donors (Lipinski definition) is 1. The Morgan fingerprint density at radius 2 is 2.00 bits per heavy atom. The standard InChI is InChI=1S/C8H6BrN3/c9-6-1-5-2-8(10)12-4-7(5)11-3-6/h1-4H,(H2,10,12). The van der Waals surface area contributed by atoms with Gasteiger partial charge in [-0.15, -0.1) is 0 Å². The van der Waals surface area contributed by atoms with Crippen molar-refractivity contribution < 1.29 is 0 Å². The van der Waals surface area contributed by atoms with Crippen LogP contribution in [0.25, 0.3) is 10.9 Å². The molecule has 0 spiro atoms. The van der Waals surface area contributed by atoms with Crippen molar-refractivity contribution in [2.75, 3.05) is 5.73 Å². The molecule has 3 nitrogen and oxygen atoms in total. The van der Waals surface area contributed by atoms with E-state index in [2.05, 4.69) is 25.9 Å². The summed E-state index contributed by atoms with van der Waals surface area (Å²) in [6, 6.07) is 3.76. The Kier molecular flexibility index (Phi) is 1.69. The third kappa shape index (κ3) is 1.25. The van der Waals surface area contributed by atoms with Crippen molar-refractivity contribution in [3.8, 4) is 0 Å². The van der Waals surface area contributed by atoms with Crippen molar-refractivity contribution in [3.05, 3.63) is 29.0 Å². The van der Waals surface area contributed by atoms with E-state index in [-0.39, 0.29) is 0 Å². The molecule has 2 aromatic rings. The van der Waals surface area contributed by atoms with Crippen LogP contribution in [-0.4, -0.2) is 9.97 Å². The maximum atomic E-state index is 5.52. The molecule has 0 unspecified atom stereocenters. The molecule has 60 valence electrons. The van der Waals surface area contributed by atoms with Crippen molar-refractivity contribution in [1.82, 2.24) is 9.97 Å². The fourth-order valence-electron chi connectivity index (χ4n) is 1.02. The van der Waals surface area contributed by atoms with E-state index in [9.17, 15) is 0 Å². The zero-order valence-corrected chi connectivity index (χ0v) is 7.75. The van der Waals surface area contributed by atoms with Crippen LogP contribution in [0.2, 0.25) is 0 Å². The van der Waals surface area contributed by atoms with Gasteiger partial charge in [-0.1, -0.05) is 0 Å². The molecule has 12 heavy (non-hydrogen) atoms. The lowest BCUT2D eigenvalue weighted by atomic mass is 10.2. The van der Waals surface area contributed by atoms with Crippen LogP contribution in [0.5, 0.6) is 0 Å². The van der Waals surface area contributed by atoms with Crippen LogP contribution in [-0.2, 0) is 0 Å². The summed E-state index contributed by atoms with van der Waals surface area (Å²) < 4.78 is 0.945. The van der Waals surface area contributed by atoms with Crippen LogP contribution >= 0.6 is 15.9 Å². The van der Waals surface area contributed by atoms with Gasteiger partial charge in [-0.05, 0) is 28.1 Å². The topological polar surface area (TPSA) is 51.8 Å². The summed E-state index contributed by atoms with van der Waals surface area (Å²) in [5.41, 5.74) is 6.37. The Balaban J connectivity index is 2.80. The lowest BCUT2D eigenvalue weighted by molar-refractivity contribution is 1.31. The van der Waals surface area contributed by atoms with E-state index in [0.717, 1.165) is 15.4 Å². The van der Waals surface area contributed by atoms with Crippen LogP contribution in [0.15, 0.2) is 29.0 Å². The monoisotopic (exact) mass is 223 g/mol. The summed E-state index contributed by atoms with van der Waals surface area (Å²) in [5.74, 6) is 0.516. The number of aromatic nitrogens is 2. The smallest absolute Gasteiger partial charge is 0.124 e. The van der Waals surface area contributed by atoms with Gasteiger partial charge in [0.25, 0.3) is 0 Å². The summed E-state index contributed by atoms with van der Waals surface area (Å²) in [5, 5.41) is 0.997. The van der Waals surface area contributed by atoms with Crippen molar-refractivity contribution in [1.29, 1.82) is 0 Å². The van der Waals surface area contributed by atoms with Crippen LogP contribution < -0.4 is 5.73 Å². The van der Waals surface area contributed by atoms with Crippen LogP contribution in [0.1, 0.15) is 0 Å². The molecule has 2 N–H and O–H groups in total. The highest BCUT2D eigenvalue weighted by atomic mass is 79.9. The first kappa shape index (κ1) is 7.49. The van der Waals surface area contributed by atoms with E-state index in [1.54, 1.807) is 18.5 Å². The van der Waals surface area contributed by atoms with Crippen LogP contribution in [0.4, 0.5) is 5.82 Å². The summed E-state index contributed by atoms with van der Waals surface area (Å²) in [6.07, 6.45) is 3.40. The van der Waals surface area contributed by atoms with Gasteiger partial charge in [0.15, 0.2) is 0 Å². The molecule has 0 aliphatic rings. The fourth-order valence-corrected chi connectivity index (χ4v) is 1.37. The molecule has 0 aliphatic carbocycles. The van der Waals surface area contributed by atoms with E-state index in [1.165, 1.54) is 0 Å². The average molecular weight is 224 g/mol. The number of anilines is 1. The minimum absolute atomic E-state index is 0.516. The second-order valence-electron chi connectivity index (χ2n) is 2.46. The van der Waals surface area contributed by atoms with E-state index < -0.39 is 0 Å². The highest BCUT2D eigenvalue weighted by molar-refractivity contribution is 9.10. The number of hydrogen-bond acceptors (Lipinski definition) is 3. The maximum Gasteiger partial charge on any atom is 0.124 e. The van der Waals surface area contributed by atoms with Crippen molar-refractivity contribution in [2.24, 2.45) is 0 Å². The zero-order valence-electron chi connectivity index (χ0n) is 6.16. The van der Waals surface area contributed by atoms with Gasteiger partial charge >= 0.3 is 0 Å². The van der Waals surface area contributed by atoms with Crippen molar-refractivity contribution in [3.63, 3.8) is 0 Å². The van der Waals surface area contributed by atoms with Gasteiger partial charge in [-0.25, -0.2) is 4.98 Å². The predicted octanol–water partition coefficient (Wildman–Crippen LogP) is 1.97. The maximum absolute atomic E-state index is 5.52. The Morgan fingerprint density at radius 3 is 2.83 bits per heavy atom. The number of nitrogens with zero attached hydrogens (tertiary/aromatic N) is 2. The van der Waals surface area contributed by atoms with Crippen molar-refractivity contribution >= 4 is 32.7 Å². The Morgan fingerprint density at radius 1 is 1.17 bits per heavy atom. The molecule has 4 heteroatoms. The van der Waals surface area contributed by atoms with Gasteiger partial charge in [0.05, 0.1) is 11.7 Å². The number of rotatable bonds is 0. The molecule has 2 aromatic heterocycles. The molecule has 0 aromatic carbocycles. The van der Waals surface area contributed by atoms with Crippen LogP contribution in [0.3, 0.4) is 0 Å². The third-order valence-electron chi connectivity index (χ3n) is 1.56. The SMILES string of the molecule is Nc1cc2cc(Br)cnc2cn1. The molecule has 0 radical (unpaired) electrons. The van der Waals surface area contributed by atoms with Crippen LogP contribution in [0, 0.1) is 0 Å². The van der Waals surface area contributed by atoms with Gasteiger partial charge < -0.3 is 5.73 Å². The second kappa shape index (κ2) is 2.71. The highest BCUT2D eigenvalue weighted by Crippen LogP contribution is 2.17. The highest BCUT2D eigenvalue weighted by Gasteiger charge is 1.96. The second-order valence-corrected chi connectivity index (χ2v) is 3.37. The molecule has 0 aliphatic heterocycles. The van der Waals surface area contributed by atoms with Gasteiger partial charge in [-0.2, -0.15) is 0 Å². The molecule has 0 saturated carbocycles. The number of halogens is 1. The molecule has 0 atom stereocenters. The van der Waals surface area contributed by atoms with Crippen molar-refractivity contribution in [2.45, 2.75) is 0 Å². The molecular formula is C8H6BrN3.